The highest BCUT2D eigenvalue weighted by atomic mass is 79.9. The molecule has 0 aliphatic rings. The third-order valence-corrected chi connectivity index (χ3v) is 4.86. The average molecular weight is 357 g/mol. The fourth-order valence-corrected chi connectivity index (χ4v) is 3.34. The molecule has 1 atom stereocenters. The van der Waals surface area contributed by atoms with Gasteiger partial charge < -0.3 is 9.47 Å². The first-order chi connectivity index (χ1) is 9.69. The summed E-state index contributed by atoms with van der Waals surface area (Å²) < 4.78 is 11.7. The molecule has 6 heteroatoms. The summed E-state index contributed by atoms with van der Waals surface area (Å²) in [5, 5.41) is 2.00. The van der Waals surface area contributed by atoms with Gasteiger partial charge in [0.2, 0.25) is 0 Å². The maximum absolute atomic E-state index is 5.71. The molecule has 0 aliphatic carbocycles. The van der Waals surface area contributed by atoms with Crippen molar-refractivity contribution in [2.45, 2.75) is 12.5 Å². The summed E-state index contributed by atoms with van der Waals surface area (Å²) in [6, 6.07) is 7.85. The van der Waals surface area contributed by atoms with Crippen molar-refractivity contribution in [3.05, 3.63) is 44.6 Å². The van der Waals surface area contributed by atoms with E-state index in [9.17, 15) is 0 Å². The first kappa shape index (κ1) is 15.3. The minimum Gasteiger partial charge on any atom is -0.497 e. The molecule has 0 saturated carbocycles. The van der Waals surface area contributed by atoms with Gasteiger partial charge >= 0.3 is 0 Å². The van der Waals surface area contributed by atoms with E-state index < -0.39 is 0 Å². The number of hydrogen-bond donors (Lipinski definition) is 2. The van der Waals surface area contributed by atoms with Crippen molar-refractivity contribution in [2.75, 3.05) is 14.2 Å². The predicted octanol–water partition coefficient (Wildman–Crippen LogP) is 3.27. The third-order valence-electron chi connectivity index (χ3n) is 3.07. The van der Waals surface area contributed by atoms with Crippen molar-refractivity contribution in [1.82, 2.24) is 5.43 Å². The number of thiophene rings is 1. The predicted molar refractivity (Wildman–Crippen MR) is 85.3 cm³/mol. The molecular weight excluding hydrogens is 340 g/mol. The number of methoxy groups -OCH3 is 2. The monoisotopic (exact) mass is 356 g/mol. The molecule has 4 nitrogen and oxygen atoms in total. The Morgan fingerprint density at radius 2 is 2.10 bits per heavy atom. The van der Waals surface area contributed by atoms with E-state index in [2.05, 4.69) is 21.4 Å². The third kappa shape index (κ3) is 3.32. The van der Waals surface area contributed by atoms with Gasteiger partial charge in [-0.2, -0.15) is 0 Å². The highest BCUT2D eigenvalue weighted by Gasteiger charge is 2.18. The van der Waals surface area contributed by atoms with E-state index in [1.54, 1.807) is 25.6 Å². The number of halogens is 1. The Bertz CT molecular complexity index is 574. The SMILES string of the molecule is COc1ccc(Br)c(CC(NN)c2sccc2OC)c1. The molecule has 1 heterocycles. The molecular formula is C14H17BrN2O2S. The maximum Gasteiger partial charge on any atom is 0.134 e. The second-order valence-corrected chi connectivity index (χ2v) is 6.04. The standard InChI is InChI=1S/C14H17BrN2O2S/c1-18-10-3-4-11(15)9(7-10)8-12(17-16)14-13(19-2)5-6-20-14/h3-7,12,17H,8,16H2,1-2H3. The van der Waals surface area contributed by atoms with Gasteiger partial charge in [-0.1, -0.05) is 15.9 Å². The summed E-state index contributed by atoms with van der Waals surface area (Å²) in [5.74, 6) is 7.40. The van der Waals surface area contributed by atoms with Gasteiger partial charge in [-0.25, -0.2) is 0 Å². The molecule has 20 heavy (non-hydrogen) atoms. The Morgan fingerprint density at radius 3 is 2.75 bits per heavy atom. The summed E-state index contributed by atoms with van der Waals surface area (Å²) in [6.45, 7) is 0. The van der Waals surface area contributed by atoms with Crippen molar-refractivity contribution >= 4 is 27.3 Å². The van der Waals surface area contributed by atoms with Crippen LogP contribution in [0, 0.1) is 0 Å². The first-order valence-electron chi connectivity index (χ1n) is 6.09. The lowest BCUT2D eigenvalue weighted by atomic mass is 10.0. The van der Waals surface area contributed by atoms with E-state index in [4.69, 9.17) is 15.3 Å². The zero-order valence-electron chi connectivity index (χ0n) is 11.4. The van der Waals surface area contributed by atoms with Crippen LogP contribution in [-0.2, 0) is 6.42 Å². The molecule has 0 aliphatic heterocycles. The van der Waals surface area contributed by atoms with Crippen LogP contribution < -0.4 is 20.7 Å². The lowest BCUT2D eigenvalue weighted by Crippen LogP contribution is -2.29. The lowest BCUT2D eigenvalue weighted by Gasteiger charge is -2.17. The van der Waals surface area contributed by atoms with Gasteiger partial charge in [0.15, 0.2) is 0 Å². The Balaban J connectivity index is 2.26. The van der Waals surface area contributed by atoms with E-state index in [0.717, 1.165) is 32.8 Å². The van der Waals surface area contributed by atoms with E-state index in [1.165, 1.54) is 0 Å². The molecule has 0 radical (unpaired) electrons. The molecule has 3 N–H and O–H groups in total. The van der Waals surface area contributed by atoms with Crippen LogP contribution in [0.15, 0.2) is 34.1 Å². The smallest absolute Gasteiger partial charge is 0.134 e. The highest BCUT2D eigenvalue weighted by molar-refractivity contribution is 9.10. The van der Waals surface area contributed by atoms with Crippen LogP contribution in [0.3, 0.4) is 0 Å². The number of hydrazine groups is 1. The van der Waals surface area contributed by atoms with Gasteiger partial charge in [0.1, 0.15) is 11.5 Å². The average Bonchev–Trinajstić information content (AvgIpc) is 2.94. The minimum absolute atomic E-state index is 0.00615. The van der Waals surface area contributed by atoms with Crippen molar-refractivity contribution in [3.63, 3.8) is 0 Å². The molecule has 108 valence electrons. The Hall–Kier alpha value is -1.08. The molecule has 2 aromatic rings. The van der Waals surface area contributed by atoms with Gasteiger partial charge in [-0.3, -0.25) is 11.3 Å². The van der Waals surface area contributed by atoms with Gasteiger partial charge in [0.05, 0.1) is 25.1 Å². The van der Waals surface area contributed by atoms with E-state index in [1.807, 2.05) is 29.6 Å². The largest absolute Gasteiger partial charge is 0.497 e. The first-order valence-corrected chi connectivity index (χ1v) is 7.76. The van der Waals surface area contributed by atoms with E-state index in [-0.39, 0.29) is 6.04 Å². The number of nitrogens with one attached hydrogen (secondary N) is 1. The number of nitrogens with two attached hydrogens (primary N) is 1. The van der Waals surface area contributed by atoms with Gasteiger partial charge in [0.25, 0.3) is 0 Å². The van der Waals surface area contributed by atoms with Crippen molar-refractivity contribution in [2.24, 2.45) is 5.84 Å². The summed E-state index contributed by atoms with van der Waals surface area (Å²) in [5.41, 5.74) is 3.99. The van der Waals surface area contributed by atoms with Crippen LogP contribution >= 0.6 is 27.3 Å². The molecule has 0 fully saturated rings. The van der Waals surface area contributed by atoms with Crippen molar-refractivity contribution < 1.29 is 9.47 Å². The zero-order chi connectivity index (χ0) is 14.5. The number of rotatable bonds is 6. The molecule has 1 unspecified atom stereocenters. The second-order valence-electron chi connectivity index (χ2n) is 4.23. The summed E-state index contributed by atoms with van der Waals surface area (Å²) >= 11 is 5.19. The van der Waals surface area contributed by atoms with E-state index >= 15 is 0 Å². The van der Waals surface area contributed by atoms with Crippen molar-refractivity contribution in [1.29, 1.82) is 0 Å². The fraction of sp³-hybridized carbons (Fsp3) is 0.286. The molecule has 0 bridgehead atoms. The molecule has 2 rings (SSSR count). The van der Waals surface area contributed by atoms with Gasteiger partial charge in [-0.05, 0) is 41.6 Å². The summed E-state index contributed by atoms with van der Waals surface area (Å²) in [6.07, 6.45) is 0.741. The van der Waals surface area contributed by atoms with Crippen LogP contribution in [0.2, 0.25) is 0 Å². The van der Waals surface area contributed by atoms with Crippen LogP contribution in [-0.4, -0.2) is 14.2 Å². The number of ether oxygens (including phenoxy) is 2. The minimum atomic E-state index is -0.00615. The Labute approximate surface area is 131 Å². The number of benzene rings is 1. The van der Waals surface area contributed by atoms with Gasteiger partial charge in [-0.15, -0.1) is 11.3 Å². The van der Waals surface area contributed by atoms with Crippen molar-refractivity contribution in [3.8, 4) is 11.5 Å². The lowest BCUT2D eigenvalue weighted by molar-refractivity contribution is 0.402. The van der Waals surface area contributed by atoms with Crippen LogP contribution in [0.25, 0.3) is 0 Å². The topological polar surface area (TPSA) is 56.5 Å². The Kier molecular flexibility index (Phi) is 5.42. The summed E-state index contributed by atoms with van der Waals surface area (Å²) in [7, 11) is 3.33. The Morgan fingerprint density at radius 1 is 1.30 bits per heavy atom. The van der Waals surface area contributed by atoms with Gasteiger partial charge in [0, 0.05) is 4.47 Å². The molecule has 0 spiro atoms. The number of hydrogen-bond acceptors (Lipinski definition) is 5. The maximum atomic E-state index is 5.71. The van der Waals surface area contributed by atoms with Crippen LogP contribution in [0.1, 0.15) is 16.5 Å². The summed E-state index contributed by atoms with van der Waals surface area (Å²) in [4.78, 5) is 1.09. The van der Waals surface area contributed by atoms with Crippen LogP contribution in [0.4, 0.5) is 0 Å². The van der Waals surface area contributed by atoms with Crippen LogP contribution in [0.5, 0.6) is 11.5 Å². The molecule has 1 aromatic heterocycles. The second kappa shape index (κ2) is 7.08. The molecule has 0 amide bonds. The molecule has 1 aromatic carbocycles. The highest BCUT2D eigenvalue weighted by Crippen LogP contribution is 2.34. The molecule has 0 saturated heterocycles. The zero-order valence-corrected chi connectivity index (χ0v) is 13.8. The normalized spacial score (nSPS) is 12.2. The quantitative estimate of drug-likeness (QED) is 0.615. The fourth-order valence-electron chi connectivity index (χ4n) is 2.01. The van der Waals surface area contributed by atoms with E-state index in [0.29, 0.717) is 0 Å².